The van der Waals surface area contributed by atoms with Gasteiger partial charge in [-0.15, -0.1) is 0 Å². The number of hydrogen-bond donors (Lipinski definition) is 1. The SMILES string of the molecule is O=C(Nc1ccccc1Oc1ccccc1)c1ccccc1OC(F)F. The molecule has 1 N–H and O–H groups in total. The molecule has 3 rings (SSSR count). The zero-order valence-electron chi connectivity index (χ0n) is 13.6. The van der Waals surface area contributed by atoms with Crippen LogP contribution in [0.2, 0.25) is 0 Å². The second-order valence-electron chi connectivity index (χ2n) is 5.24. The summed E-state index contributed by atoms with van der Waals surface area (Å²) in [6.45, 7) is -3.02. The third kappa shape index (κ3) is 4.36. The highest BCUT2D eigenvalue weighted by Crippen LogP contribution is 2.30. The molecule has 0 spiro atoms. The summed E-state index contributed by atoms with van der Waals surface area (Å²) < 4.78 is 35.2. The lowest BCUT2D eigenvalue weighted by molar-refractivity contribution is -0.0501. The predicted octanol–water partition coefficient (Wildman–Crippen LogP) is 5.33. The molecule has 0 aromatic heterocycles. The van der Waals surface area contributed by atoms with Gasteiger partial charge in [-0.2, -0.15) is 8.78 Å². The lowest BCUT2D eigenvalue weighted by atomic mass is 10.2. The van der Waals surface area contributed by atoms with Gasteiger partial charge in [0.2, 0.25) is 0 Å². The second-order valence-corrected chi connectivity index (χ2v) is 5.24. The van der Waals surface area contributed by atoms with E-state index < -0.39 is 12.5 Å². The maximum Gasteiger partial charge on any atom is 0.387 e. The van der Waals surface area contributed by atoms with E-state index in [0.29, 0.717) is 17.2 Å². The van der Waals surface area contributed by atoms with Crippen LogP contribution in [0.4, 0.5) is 14.5 Å². The van der Waals surface area contributed by atoms with Gasteiger partial charge in [0.05, 0.1) is 11.3 Å². The highest BCUT2D eigenvalue weighted by atomic mass is 19.3. The molecular weight excluding hydrogens is 340 g/mol. The fourth-order valence-electron chi connectivity index (χ4n) is 2.32. The minimum Gasteiger partial charge on any atom is -0.455 e. The van der Waals surface area contributed by atoms with E-state index >= 15 is 0 Å². The molecule has 0 saturated carbocycles. The molecule has 0 unspecified atom stereocenters. The van der Waals surface area contributed by atoms with Gasteiger partial charge in [-0.1, -0.05) is 42.5 Å². The molecular formula is C20H15F2NO3. The number of para-hydroxylation sites is 4. The molecule has 1 amide bonds. The number of rotatable bonds is 6. The molecule has 0 aliphatic rings. The van der Waals surface area contributed by atoms with Crippen molar-refractivity contribution in [3.8, 4) is 17.2 Å². The summed E-state index contributed by atoms with van der Waals surface area (Å²) in [6, 6.07) is 21.7. The number of amides is 1. The van der Waals surface area contributed by atoms with Crippen molar-refractivity contribution < 1.29 is 23.0 Å². The first-order valence-corrected chi connectivity index (χ1v) is 7.80. The third-order valence-electron chi connectivity index (χ3n) is 3.45. The van der Waals surface area contributed by atoms with Gasteiger partial charge in [0.1, 0.15) is 11.5 Å². The van der Waals surface area contributed by atoms with E-state index in [2.05, 4.69) is 10.1 Å². The van der Waals surface area contributed by atoms with E-state index in [-0.39, 0.29) is 11.3 Å². The number of hydrogen-bond acceptors (Lipinski definition) is 3. The number of ether oxygens (including phenoxy) is 2. The number of carbonyl (C=O) groups is 1. The molecule has 132 valence electrons. The number of anilines is 1. The Labute approximate surface area is 149 Å². The van der Waals surface area contributed by atoms with Crippen molar-refractivity contribution in [2.75, 3.05) is 5.32 Å². The van der Waals surface area contributed by atoms with Crippen molar-refractivity contribution in [1.29, 1.82) is 0 Å². The van der Waals surface area contributed by atoms with Gasteiger partial charge in [0.25, 0.3) is 5.91 Å². The van der Waals surface area contributed by atoms with Crippen LogP contribution in [0.3, 0.4) is 0 Å². The van der Waals surface area contributed by atoms with Crippen LogP contribution in [-0.4, -0.2) is 12.5 Å². The number of benzene rings is 3. The summed E-state index contributed by atoms with van der Waals surface area (Å²) in [7, 11) is 0. The van der Waals surface area contributed by atoms with Crippen molar-refractivity contribution in [2.24, 2.45) is 0 Å². The molecule has 0 bridgehead atoms. The molecule has 3 aromatic rings. The fraction of sp³-hybridized carbons (Fsp3) is 0.0500. The van der Waals surface area contributed by atoms with E-state index in [9.17, 15) is 13.6 Å². The Morgan fingerprint density at radius 2 is 1.42 bits per heavy atom. The lowest BCUT2D eigenvalue weighted by Gasteiger charge is -2.14. The average molecular weight is 355 g/mol. The number of halogens is 2. The molecule has 0 radical (unpaired) electrons. The summed E-state index contributed by atoms with van der Waals surface area (Å²) in [6.07, 6.45) is 0. The summed E-state index contributed by atoms with van der Waals surface area (Å²) in [5.74, 6) is 0.266. The van der Waals surface area contributed by atoms with Crippen LogP contribution in [0, 0.1) is 0 Å². The van der Waals surface area contributed by atoms with Gasteiger partial charge in [0, 0.05) is 0 Å². The van der Waals surface area contributed by atoms with Crippen molar-refractivity contribution in [1.82, 2.24) is 0 Å². The van der Waals surface area contributed by atoms with Gasteiger partial charge in [0.15, 0.2) is 5.75 Å². The average Bonchev–Trinajstić information content (AvgIpc) is 2.64. The molecule has 0 heterocycles. The summed E-state index contributed by atoms with van der Waals surface area (Å²) in [5.41, 5.74) is 0.413. The molecule has 4 nitrogen and oxygen atoms in total. The lowest BCUT2D eigenvalue weighted by Crippen LogP contribution is -2.15. The minimum atomic E-state index is -3.02. The van der Waals surface area contributed by atoms with Gasteiger partial charge in [-0.05, 0) is 36.4 Å². The largest absolute Gasteiger partial charge is 0.455 e. The van der Waals surface area contributed by atoms with Crippen molar-refractivity contribution in [3.63, 3.8) is 0 Å². The Kier molecular flexibility index (Phi) is 5.43. The predicted molar refractivity (Wildman–Crippen MR) is 94.0 cm³/mol. The van der Waals surface area contributed by atoms with Crippen molar-refractivity contribution >= 4 is 11.6 Å². The zero-order valence-corrected chi connectivity index (χ0v) is 13.6. The normalized spacial score (nSPS) is 10.4. The Hall–Kier alpha value is -3.41. The van der Waals surface area contributed by atoms with Crippen LogP contribution < -0.4 is 14.8 Å². The maximum atomic E-state index is 12.5. The fourth-order valence-corrected chi connectivity index (χ4v) is 2.32. The molecule has 0 atom stereocenters. The van der Waals surface area contributed by atoms with E-state index in [1.54, 1.807) is 42.5 Å². The number of alkyl halides is 2. The second kappa shape index (κ2) is 8.11. The Balaban J connectivity index is 1.83. The van der Waals surface area contributed by atoms with Gasteiger partial charge >= 0.3 is 6.61 Å². The zero-order chi connectivity index (χ0) is 18.4. The number of nitrogens with one attached hydrogen (secondary N) is 1. The first kappa shape index (κ1) is 17.4. The van der Waals surface area contributed by atoms with Crippen LogP contribution in [0.15, 0.2) is 78.9 Å². The molecule has 6 heteroatoms. The van der Waals surface area contributed by atoms with E-state index in [1.165, 1.54) is 18.2 Å². The molecule has 0 saturated heterocycles. The molecule has 0 aliphatic heterocycles. The highest BCUT2D eigenvalue weighted by molar-refractivity contribution is 6.06. The van der Waals surface area contributed by atoms with Crippen LogP contribution in [0.1, 0.15) is 10.4 Å². The monoisotopic (exact) mass is 355 g/mol. The Morgan fingerprint density at radius 1 is 0.808 bits per heavy atom. The number of carbonyl (C=O) groups excluding carboxylic acids is 1. The maximum absolute atomic E-state index is 12.5. The standard InChI is InChI=1S/C20H15F2NO3/c21-20(22)26-17-12-6-4-10-15(17)19(24)23-16-11-5-7-13-18(16)25-14-8-2-1-3-9-14/h1-13,20H,(H,23,24). The van der Waals surface area contributed by atoms with E-state index in [4.69, 9.17) is 4.74 Å². The van der Waals surface area contributed by atoms with E-state index in [0.717, 1.165) is 0 Å². The van der Waals surface area contributed by atoms with Gasteiger partial charge in [-0.25, -0.2) is 0 Å². The van der Waals surface area contributed by atoms with Gasteiger partial charge < -0.3 is 14.8 Å². The summed E-state index contributed by atoms with van der Waals surface area (Å²) in [4.78, 5) is 12.5. The topological polar surface area (TPSA) is 47.6 Å². The van der Waals surface area contributed by atoms with Crippen LogP contribution in [0.5, 0.6) is 17.2 Å². The first-order chi connectivity index (χ1) is 12.6. The minimum absolute atomic E-state index is 0.00214. The third-order valence-corrected chi connectivity index (χ3v) is 3.45. The smallest absolute Gasteiger partial charge is 0.387 e. The van der Waals surface area contributed by atoms with Crippen molar-refractivity contribution in [3.05, 3.63) is 84.4 Å². The Morgan fingerprint density at radius 3 is 2.15 bits per heavy atom. The quantitative estimate of drug-likeness (QED) is 0.650. The molecule has 0 aliphatic carbocycles. The van der Waals surface area contributed by atoms with Gasteiger partial charge in [-0.3, -0.25) is 4.79 Å². The molecule has 3 aromatic carbocycles. The summed E-state index contributed by atoms with van der Waals surface area (Å²) in [5, 5.41) is 2.67. The molecule has 26 heavy (non-hydrogen) atoms. The highest BCUT2D eigenvalue weighted by Gasteiger charge is 2.17. The van der Waals surface area contributed by atoms with Crippen LogP contribution >= 0.6 is 0 Å². The summed E-state index contributed by atoms with van der Waals surface area (Å²) >= 11 is 0. The van der Waals surface area contributed by atoms with E-state index in [1.807, 2.05) is 18.2 Å². The first-order valence-electron chi connectivity index (χ1n) is 7.80. The van der Waals surface area contributed by atoms with Crippen LogP contribution in [-0.2, 0) is 0 Å². The van der Waals surface area contributed by atoms with Crippen LogP contribution in [0.25, 0.3) is 0 Å². The molecule has 0 fully saturated rings. The Bertz CT molecular complexity index is 885. The van der Waals surface area contributed by atoms with Crippen molar-refractivity contribution in [2.45, 2.75) is 6.61 Å².